The van der Waals surface area contributed by atoms with E-state index in [1.165, 1.54) is 12.8 Å². The molecule has 2 aliphatic carbocycles. The number of nitrogens with one attached hydrogen (secondary N) is 1. The number of rotatable bonds is 3. The van der Waals surface area contributed by atoms with Crippen molar-refractivity contribution < 1.29 is 13.2 Å². The molecule has 1 nitrogen and oxygen atoms in total. The Hall–Kier alpha value is -0.250. The van der Waals surface area contributed by atoms with Crippen molar-refractivity contribution in [1.29, 1.82) is 0 Å². The van der Waals surface area contributed by atoms with Crippen LogP contribution in [-0.2, 0) is 0 Å². The molecule has 106 valence electrons. The molecule has 0 aliphatic heterocycles. The van der Waals surface area contributed by atoms with Gasteiger partial charge < -0.3 is 5.32 Å². The third-order valence-electron chi connectivity index (χ3n) is 4.79. The lowest BCUT2D eigenvalue weighted by molar-refractivity contribution is -0.189. The van der Waals surface area contributed by atoms with E-state index in [-0.39, 0.29) is 11.5 Å². The SMILES string of the molecule is CC1(CNC2CCCCC2C(F)(F)F)CCCC1. The largest absolute Gasteiger partial charge is 0.393 e. The van der Waals surface area contributed by atoms with E-state index in [1.54, 1.807) is 0 Å². The zero-order valence-electron chi connectivity index (χ0n) is 11.2. The summed E-state index contributed by atoms with van der Waals surface area (Å²) in [5.74, 6) is -1.13. The molecule has 4 heteroatoms. The van der Waals surface area contributed by atoms with E-state index in [4.69, 9.17) is 0 Å². The Morgan fingerprint density at radius 2 is 1.67 bits per heavy atom. The maximum atomic E-state index is 12.9. The van der Waals surface area contributed by atoms with Crippen LogP contribution in [0.1, 0.15) is 58.3 Å². The number of hydrogen-bond acceptors (Lipinski definition) is 1. The maximum absolute atomic E-state index is 12.9. The van der Waals surface area contributed by atoms with Gasteiger partial charge in [-0.3, -0.25) is 0 Å². The second-order valence-corrected chi connectivity index (χ2v) is 6.44. The Labute approximate surface area is 108 Å². The summed E-state index contributed by atoms with van der Waals surface area (Å²) in [5.41, 5.74) is 0.230. The first-order valence-corrected chi connectivity index (χ1v) is 7.21. The molecule has 0 spiro atoms. The normalized spacial score (nSPS) is 32.7. The summed E-state index contributed by atoms with van der Waals surface area (Å²) in [4.78, 5) is 0. The first-order valence-electron chi connectivity index (χ1n) is 7.21. The number of alkyl halides is 3. The van der Waals surface area contributed by atoms with Gasteiger partial charge in [-0.1, -0.05) is 32.6 Å². The third kappa shape index (κ3) is 3.40. The minimum absolute atomic E-state index is 0.230. The highest BCUT2D eigenvalue weighted by Crippen LogP contribution is 2.40. The van der Waals surface area contributed by atoms with Crippen LogP contribution in [0.4, 0.5) is 13.2 Å². The zero-order valence-corrected chi connectivity index (χ0v) is 11.2. The fraction of sp³-hybridized carbons (Fsp3) is 1.00. The van der Waals surface area contributed by atoms with Crippen LogP contribution in [0.2, 0.25) is 0 Å². The van der Waals surface area contributed by atoms with Crippen LogP contribution in [0.25, 0.3) is 0 Å². The minimum atomic E-state index is -4.03. The summed E-state index contributed by atoms with van der Waals surface area (Å²) in [6, 6.07) is -0.351. The minimum Gasteiger partial charge on any atom is -0.313 e. The lowest BCUT2D eigenvalue weighted by Crippen LogP contribution is -2.48. The second-order valence-electron chi connectivity index (χ2n) is 6.44. The summed E-state index contributed by atoms with van der Waals surface area (Å²) in [7, 11) is 0. The Balaban J connectivity index is 1.89. The predicted octanol–water partition coefficient (Wildman–Crippen LogP) is 4.28. The van der Waals surface area contributed by atoms with Crippen LogP contribution >= 0.6 is 0 Å². The first kappa shape index (κ1) is 14.2. The molecule has 0 heterocycles. The van der Waals surface area contributed by atoms with Gasteiger partial charge in [-0.25, -0.2) is 0 Å². The van der Waals surface area contributed by atoms with Gasteiger partial charge in [-0.05, 0) is 31.1 Å². The highest BCUT2D eigenvalue weighted by Gasteiger charge is 2.45. The van der Waals surface area contributed by atoms with Gasteiger partial charge >= 0.3 is 6.18 Å². The van der Waals surface area contributed by atoms with Gasteiger partial charge in [0.25, 0.3) is 0 Å². The molecule has 0 bridgehead atoms. The van der Waals surface area contributed by atoms with E-state index >= 15 is 0 Å². The maximum Gasteiger partial charge on any atom is 0.393 e. The van der Waals surface area contributed by atoms with Crippen molar-refractivity contribution in [2.24, 2.45) is 11.3 Å². The average Bonchev–Trinajstić information content (AvgIpc) is 2.73. The number of halogens is 3. The molecule has 18 heavy (non-hydrogen) atoms. The molecule has 0 aromatic heterocycles. The van der Waals surface area contributed by atoms with E-state index in [1.807, 2.05) is 0 Å². The summed E-state index contributed by atoms with van der Waals surface area (Å²) in [6.45, 7) is 2.96. The molecule has 2 rings (SSSR count). The van der Waals surface area contributed by atoms with Crippen LogP contribution in [0.3, 0.4) is 0 Å². The molecule has 2 fully saturated rings. The lowest BCUT2D eigenvalue weighted by Gasteiger charge is -2.36. The molecule has 2 aliphatic rings. The number of hydrogen-bond donors (Lipinski definition) is 1. The van der Waals surface area contributed by atoms with E-state index in [2.05, 4.69) is 12.2 Å². The summed E-state index contributed by atoms with van der Waals surface area (Å²) < 4.78 is 38.8. The zero-order chi connectivity index (χ0) is 13.2. The van der Waals surface area contributed by atoms with Gasteiger partial charge in [-0.15, -0.1) is 0 Å². The van der Waals surface area contributed by atoms with Gasteiger partial charge in [0.2, 0.25) is 0 Å². The van der Waals surface area contributed by atoms with Crippen LogP contribution < -0.4 is 5.32 Å². The van der Waals surface area contributed by atoms with Crippen molar-refractivity contribution in [3.05, 3.63) is 0 Å². The molecular formula is C14H24F3N. The summed E-state index contributed by atoms with van der Waals surface area (Å²) in [6.07, 6.45) is 3.37. The van der Waals surface area contributed by atoms with Crippen LogP contribution in [0.15, 0.2) is 0 Å². The second kappa shape index (κ2) is 5.40. The Bertz CT molecular complexity index is 269. The van der Waals surface area contributed by atoms with Gasteiger partial charge in [0.1, 0.15) is 0 Å². The Kier molecular flexibility index (Phi) is 4.25. The van der Waals surface area contributed by atoms with E-state index in [0.717, 1.165) is 32.2 Å². The molecule has 0 saturated heterocycles. The predicted molar refractivity (Wildman–Crippen MR) is 66.4 cm³/mol. The molecule has 1 N–H and O–H groups in total. The fourth-order valence-electron chi connectivity index (χ4n) is 3.55. The smallest absolute Gasteiger partial charge is 0.313 e. The van der Waals surface area contributed by atoms with Gasteiger partial charge in [0.15, 0.2) is 0 Å². The van der Waals surface area contributed by atoms with E-state index < -0.39 is 12.1 Å². The fourth-order valence-corrected chi connectivity index (χ4v) is 3.55. The molecule has 0 amide bonds. The van der Waals surface area contributed by atoms with E-state index in [0.29, 0.717) is 12.8 Å². The van der Waals surface area contributed by atoms with Gasteiger partial charge in [0.05, 0.1) is 5.92 Å². The summed E-state index contributed by atoms with van der Waals surface area (Å²) >= 11 is 0. The van der Waals surface area contributed by atoms with Crippen molar-refractivity contribution in [3.8, 4) is 0 Å². The molecule has 2 unspecified atom stereocenters. The molecular weight excluding hydrogens is 239 g/mol. The van der Waals surface area contributed by atoms with Crippen molar-refractivity contribution in [1.82, 2.24) is 5.32 Å². The molecule has 2 saturated carbocycles. The van der Waals surface area contributed by atoms with Gasteiger partial charge in [-0.2, -0.15) is 13.2 Å². The average molecular weight is 263 g/mol. The van der Waals surface area contributed by atoms with Crippen LogP contribution in [0, 0.1) is 11.3 Å². The van der Waals surface area contributed by atoms with E-state index in [9.17, 15) is 13.2 Å². The Morgan fingerprint density at radius 1 is 1.06 bits per heavy atom. The van der Waals surface area contributed by atoms with Crippen molar-refractivity contribution >= 4 is 0 Å². The topological polar surface area (TPSA) is 12.0 Å². The van der Waals surface area contributed by atoms with Crippen LogP contribution in [-0.4, -0.2) is 18.8 Å². The highest BCUT2D eigenvalue weighted by molar-refractivity contribution is 4.89. The third-order valence-corrected chi connectivity index (χ3v) is 4.79. The quantitative estimate of drug-likeness (QED) is 0.801. The molecule has 0 aromatic carbocycles. The van der Waals surface area contributed by atoms with Crippen molar-refractivity contribution in [3.63, 3.8) is 0 Å². The first-order chi connectivity index (χ1) is 8.41. The standard InChI is InChI=1S/C14H24F3N/c1-13(8-4-5-9-13)10-18-12-7-3-2-6-11(12)14(15,16)17/h11-12,18H,2-10H2,1H3. The van der Waals surface area contributed by atoms with Crippen LogP contribution in [0.5, 0.6) is 0 Å². The lowest BCUT2D eigenvalue weighted by atomic mass is 9.82. The monoisotopic (exact) mass is 263 g/mol. The molecule has 2 atom stereocenters. The molecule has 0 radical (unpaired) electrons. The van der Waals surface area contributed by atoms with Crippen molar-refractivity contribution in [2.75, 3.05) is 6.54 Å². The van der Waals surface area contributed by atoms with Crippen molar-refractivity contribution in [2.45, 2.75) is 70.5 Å². The highest BCUT2D eigenvalue weighted by atomic mass is 19.4. The Morgan fingerprint density at radius 3 is 2.28 bits per heavy atom. The summed E-state index contributed by atoms with van der Waals surface area (Å²) in [5, 5.41) is 3.24. The molecule has 0 aromatic rings. The van der Waals surface area contributed by atoms with Gasteiger partial charge in [0, 0.05) is 12.6 Å².